The Morgan fingerprint density at radius 1 is 1.41 bits per heavy atom. The number of β-lactam (4-membered cyclic amide) rings is 1. The number of hydrogen-bond acceptors (Lipinski definition) is 5. The summed E-state index contributed by atoms with van der Waals surface area (Å²) in [5, 5.41) is 1.17. The fourth-order valence-corrected chi connectivity index (χ4v) is 3.75. The molecular formula is C17H19IN2O6S. The molecule has 27 heavy (non-hydrogen) atoms. The maximum atomic E-state index is 12.6. The van der Waals surface area contributed by atoms with Gasteiger partial charge in [0.1, 0.15) is 12.6 Å². The molecular weight excluding hydrogens is 487 g/mol. The van der Waals surface area contributed by atoms with Crippen LogP contribution < -0.4 is 5.32 Å². The molecule has 0 saturated carbocycles. The standard InChI is InChI=1S/C17H19IN2O6S/c1-10(2)13(17(23)26-9-8-18)20-15(22)12(16(20)27(24)25)19-14(21)11-6-4-3-5-7-11/h3-7,12-13,16H,1,8-9H2,2H3,(H,19,21)(H,24,25). The summed E-state index contributed by atoms with van der Waals surface area (Å²) in [6, 6.07) is 5.75. The lowest BCUT2D eigenvalue weighted by molar-refractivity contribution is -0.161. The highest BCUT2D eigenvalue weighted by Gasteiger charge is 2.56. The third-order valence-electron chi connectivity index (χ3n) is 3.90. The summed E-state index contributed by atoms with van der Waals surface area (Å²) in [4.78, 5) is 38.1. The van der Waals surface area contributed by atoms with E-state index in [1.54, 1.807) is 30.3 Å². The van der Waals surface area contributed by atoms with E-state index in [4.69, 9.17) is 4.74 Å². The maximum absolute atomic E-state index is 12.6. The minimum atomic E-state index is -2.50. The lowest BCUT2D eigenvalue weighted by Gasteiger charge is -2.48. The van der Waals surface area contributed by atoms with Crippen LogP contribution in [0.4, 0.5) is 0 Å². The highest BCUT2D eigenvalue weighted by molar-refractivity contribution is 14.1. The molecule has 0 bridgehead atoms. The van der Waals surface area contributed by atoms with Crippen LogP contribution in [0.3, 0.4) is 0 Å². The van der Waals surface area contributed by atoms with Crippen molar-refractivity contribution in [1.82, 2.24) is 10.2 Å². The van der Waals surface area contributed by atoms with Crippen LogP contribution in [0.2, 0.25) is 0 Å². The molecule has 1 aromatic carbocycles. The first kappa shape index (κ1) is 21.5. The number of carbonyl (C=O) groups is 3. The molecule has 8 nitrogen and oxygen atoms in total. The van der Waals surface area contributed by atoms with Gasteiger partial charge in [-0.2, -0.15) is 0 Å². The molecule has 0 spiro atoms. The Bertz CT molecular complexity index is 772. The molecule has 4 unspecified atom stereocenters. The summed E-state index contributed by atoms with van der Waals surface area (Å²) < 4.78 is 27.1. The van der Waals surface area contributed by atoms with Gasteiger partial charge in [0.05, 0.1) is 0 Å². The number of carbonyl (C=O) groups excluding carboxylic acids is 3. The van der Waals surface area contributed by atoms with Gasteiger partial charge in [0.2, 0.25) is 0 Å². The van der Waals surface area contributed by atoms with Crippen molar-refractivity contribution in [3.05, 3.63) is 48.0 Å². The molecule has 0 aliphatic carbocycles. The zero-order valence-corrected chi connectivity index (χ0v) is 17.4. The van der Waals surface area contributed by atoms with E-state index in [9.17, 15) is 23.1 Å². The van der Waals surface area contributed by atoms with Crippen molar-refractivity contribution in [2.75, 3.05) is 11.0 Å². The number of nitrogens with one attached hydrogen (secondary N) is 1. The van der Waals surface area contributed by atoms with Crippen molar-refractivity contribution in [2.45, 2.75) is 24.4 Å². The van der Waals surface area contributed by atoms with E-state index in [0.29, 0.717) is 15.6 Å². The summed E-state index contributed by atoms with van der Waals surface area (Å²) in [7, 11) is 0. The Morgan fingerprint density at radius 2 is 2.04 bits per heavy atom. The zero-order chi connectivity index (χ0) is 20.1. The predicted octanol–water partition coefficient (Wildman–Crippen LogP) is 1.10. The van der Waals surface area contributed by atoms with E-state index in [2.05, 4.69) is 11.9 Å². The highest BCUT2D eigenvalue weighted by atomic mass is 127. The van der Waals surface area contributed by atoms with Gasteiger partial charge in [-0.25, -0.2) is 9.00 Å². The molecule has 1 aromatic rings. The van der Waals surface area contributed by atoms with E-state index in [1.807, 2.05) is 22.6 Å². The van der Waals surface area contributed by atoms with Gasteiger partial charge in [0, 0.05) is 9.99 Å². The first-order chi connectivity index (χ1) is 12.8. The molecule has 1 heterocycles. The molecule has 0 radical (unpaired) electrons. The number of esters is 1. The summed E-state index contributed by atoms with van der Waals surface area (Å²) in [6.07, 6.45) is 0. The Balaban J connectivity index is 2.20. The summed E-state index contributed by atoms with van der Waals surface area (Å²) >= 11 is -0.470. The van der Waals surface area contributed by atoms with Gasteiger partial charge >= 0.3 is 5.97 Å². The van der Waals surface area contributed by atoms with Crippen LogP contribution in [0.15, 0.2) is 42.5 Å². The second kappa shape index (κ2) is 9.42. The lowest BCUT2D eigenvalue weighted by atomic mass is 9.99. The van der Waals surface area contributed by atoms with Gasteiger partial charge in [-0.3, -0.25) is 9.59 Å². The number of likely N-dealkylation sites (tertiary alicyclic amines) is 1. The maximum Gasteiger partial charge on any atom is 0.333 e. The van der Waals surface area contributed by atoms with Crippen LogP contribution in [-0.4, -0.2) is 59.9 Å². The van der Waals surface area contributed by atoms with Crippen molar-refractivity contribution < 1.29 is 27.9 Å². The largest absolute Gasteiger partial charge is 0.463 e. The number of ether oxygens (including phenoxy) is 1. The number of hydrogen-bond donors (Lipinski definition) is 2. The Kier molecular flexibility index (Phi) is 7.50. The van der Waals surface area contributed by atoms with Gasteiger partial charge in [0.15, 0.2) is 22.5 Å². The third-order valence-corrected chi connectivity index (χ3v) is 5.25. The number of benzene rings is 1. The quantitative estimate of drug-likeness (QED) is 0.136. The Morgan fingerprint density at radius 3 is 2.56 bits per heavy atom. The van der Waals surface area contributed by atoms with E-state index in [-0.39, 0.29) is 6.61 Å². The second-order valence-corrected chi connectivity index (χ2v) is 7.95. The fraction of sp³-hybridized carbons (Fsp3) is 0.353. The van der Waals surface area contributed by atoms with E-state index in [1.165, 1.54) is 6.92 Å². The van der Waals surface area contributed by atoms with Crippen molar-refractivity contribution in [2.24, 2.45) is 0 Å². The van der Waals surface area contributed by atoms with Crippen molar-refractivity contribution in [3.8, 4) is 0 Å². The zero-order valence-electron chi connectivity index (χ0n) is 14.5. The van der Waals surface area contributed by atoms with Crippen LogP contribution in [-0.2, 0) is 25.4 Å². The number of halogens is 1. The van der Waals surface area contributed by atoms with Crippen LogP contribution in [0, 0.1) is 0 Å². The Labute approximate surface area is 172 Å². The minimum Gasteiger partial charge on any atom is -0.463 e. The molecule has 0 aromatic heterocycles. The smallest absolute Gasteiger partial charge is 0.333 e. The fourth-order valence-electron chi connectivity index (χ4n) is 2.69. The molecule has 146 valence electrons. The van der Waals surface area contributed by atoms with E-state index >= 15 is 0 Å². The molecule has 1 aliphatic rings. The normalized spacial score (nSPS) is 21.0. The van der Waals surface area contributed by atoms with Gasteiger partial charge in [-0.1, -0.05) is 47.4 Å². The van der Waals surface area contributed by atoms with Crippen molar-refractivity contribution in [1.29, 1.82) is 0 Å². The topological polar surface area (TPSA) is 113 Å². The van der Waals surface area contributed by atoms with Gasteiger partial charge in [-0.05, 0) is 24.6 Å². The van der Waals surface area contributed by atoms with Crippen LogP contribution in [0.25, 0.3) is 0 Å². The van der Waals surface area contributed by atoms with E-state index in [0.717, 1.165) is 4.90 Å². The average molecular weight is 506 g/mol. The average Bonchev–Trinajstić information content (AvgIpc) is 2.64. The third kappa shape index (κ3) is 4.74. The highest BCUT2D eigenvalue weighted by Crippen LogP contribution is 2.29. The molecule has 2 amide bonds. The first-order valence-corrected chi connectivity index (χ1v) is 10.6. The van der Waals surface area contributed by atoms with E-state index < -0.39 is 46.3 Å². The number of alkyl halides is 1. The van der Waals surface area contributed by atoms with Gasteiger partial charge in [0.25, 0.3) is 11.8 Å². The molecule has 10 heteroatoms. The van der Waals surface area contributed by atoms with Crippen molar-refractivity contribution >= 4 is 51.5 Å². The number of amides is 2. The van der Waals surface area contributed by atoms with Crippen LogP contribution in [0.1, 0.15) is 17.3 Å². The number of nitrogens with zero attached hydrogens (tertiary/aromatic N) is 1. The van der Waals surface area contributed by atoms with Crippen molar-refractivity contribution in [3.63, 3.8) is 0 Å². The Hall–Kier alpha value is -1.79. The summed E-state index contributed by atoms with van der Waals surface area (Å²) in [5.41, 5.74) is 0.606. The second-order valence-electron chi connectivity index (χ2n) is 5.83. The van der Waals surface area contributed by atoms with Crippen LogP contribution >= 0.6 is 22.6 Å². The first-order valence-electron chi connectivity index (χ1n) is 7.95. The van der Waals surface area contributed by atoms with Gasteiger partial charge < -0.3 is 19.5 Å². The minimum absolute atomic E-state index is 0.145. The molecule has 2 N–H and O–H groups in total. The molecule has 1 aliphatic heterocycles. The monoisotopic (exact) mass is 506 g/mol. The molecule has 1 fully saturated rings. The van der Waals surface area contributed by atoms with Gasteiger partial charge in [-0.15, -0.1) is 0 Å². The van der Waals surface area contributed by atoms with Crippen LogP contribution in [0.5, 0.6) is 0 Å². The summed E-state index contributed by atoms with van der Waals surface area (Å²) in [6.45, 7) is 5.35. The number of rotatable bonds is 8. The molecule has 4 atom stereocenters. The lowest BCUT2D eigenvalue weighted by Crippen LogP contribution is -2.75. The molecule has 1 saturated heterocycles. The summed E-state index contributed by atoms with van der Waals surface area (Å²) in [5.74, 6) is -1.93. The SMILES string of the molecule is C=C(C)C(C(=O)OCCI)N1C(=O)C(NC(=O)c2ccccc2)C1S(=O)O. The molecule has 2 rings (SSSR count). The predicted molar refractivity (Wildman–Crippen MR) is 108 cm³/mol.